The zero-order chi connectivity index (χ0) is 11.1. The maximum atomic E-state index is 4.25. The summed E-state index contributed by atoms with van der Waals surface area (Å²) in [4.78, 5) is 10.6. The van der Waals surface area contributed by atoms with Crippen LogP contribution >= 0.6 is 0 Å². The summed E-state index contributed by atoms with van der Waals surface area (Å²) < 4.78 is 0. The van der Waals surface area contributed by atoms with Crippen LogP contribution in [-0.4, -0.2) is 36.6 Å². The molecule has 0 aromatic carbocycles. The van der Waals surface area contributed by atoms with Gasteiger partial charge in [0.15, 0.2) is 0 Å². The highest BCUT2D eigenvalue weighted by molar-refractivity contribution is 5.37. The highest BCUT2D eigenvalue weighted by Crippen LogP contribution is 2.08. The molecule has 15 heavy (non-hydrogen) atoms. The van der Waals surface area contributed by atoms with Crippen molar-refractivity contribution in [2.45, 2.75) is 20.3 Å². The largest absolute Gasteiger partial charge is 0.358 e. The first-order chi connectivity index (χ1) is 7.27. The van der Waals surface area contributed by atoms with Gasteiger partial charge < -0.3 is 10.2 Å². The zero-order valence-corrected chi connectivity index (χ0v) is 9.82. The normalized spacial score (nSPS) is 10.3. The number of hydrogen-bond donors (Lipinski definition) is 1. The molecule has 0 amide bonds. The Morgan fingerprint density at radius 1 is 1.33 bits per heavy atom. The smallest absolute Gasteiger partial charge is 0.131 e. The molecule has 1 N–H and O–H groups in total. The summed E-state index contributed by atoms with van der Waals surface area (Å²) in [5.74, 6) is 1.000. The van der Waals surface area contributed by atoms with Gasteiger partial charge in [-0.15, -0.1) is 0 Å². The Hall–Kier alpha value is -1.16. The quantitative estimate of drug-likeness (QED) is 0.710. The third-order valence-electron chi connectivity index (χ3n) is 2.34. The second-order valence-electron chi connectivity index (χ2n) is 3.50. The summed E-state index contributed by atoms with van der Waals surface area (Å²) in [6.45, 7) is 7.18. The summed E-state index contributed by atoms with van der Waals surface area (Å²) in [5, 5.41) is 3.29. The number of aryl methyl sites for hydroxylation is 1. The molecule has 4 nitrogen and oxygen atoms in total. The molecule has 0 atom stereocenters. The minimum atomic E-state index is 0.955. The molecule has 1 heterocycles. The lowest BCUT2D eigenvalue weighted by molar-refractivity contribution is 0.701. The molecule has 0 radical (unpaired) electrons. The van der Waals surface area contributed by atoms with Crippen LogP contribution in [0.25, 0.3) is 0 Å². The molecule has 0 aliphatic rings. The molecular formula is C11H20N4. The average molecular weight is 208 g/mol. The summed E-state index contributed by atoms with van der Waals surface area (Å²) in [5.41, 5.74) is 1.09. The van der Waals surface area contributed by atoms with Crippen molar-refractivity contribution in [2.75, 3.05) is 31.6 Å². The van der Waals surface area contributed by atoms with Crippen molar-refractivity contribution in [2.24, 2.45) is 0 Å². The van der Waals surface area contributed by atoms with Crippen molar-refractivity contribution in [1.82, 2.24) is 15.3 Å². The lowest BCUT2D eigenvalue weighted by atomic mass is 10.3. The van der Waals surface area contributed by atoms with Gasteiger partial charge >= 0.3 is 0 Å². The first kappa shape index (κ1) is 11.9. The standard InChI is InChI=1S/C11H20N4/c1-4-10-8-11(14-9-13-10)15(3)7-6-12-5-2/h8-9,12H,4-7H2,1-3H3. The summed E-state index contributed by atoms with van der Waals surface area (Å²) in [6.07, 6.45) is 2.59. The summed E-state index contributed by atoms with van der Waals surface area (Å²) in [6, 6.07) is 2.05. The average Bonchev–Trinajstić information content (AvgIpc) is 2.29. The van der Waals surface area contributed by atoms with Gasteiger partial charge in [0.2, 0.25) is 0 Å². The van der Waals surface area contributed by atoms with Crippen LogP contribution in [0.3, 0.4) is 0 Å². The van der Waals surface area contributed by atoms with Crippen LogP contribution in [-0.2, 0) is 6.42 Å². The van der Waals surface area contributed by atoms with Crippen LogP contribution < -0.4 is 10.2 Å². The third kappa shape index (κ3) is 3.83. The molecule has 1 aromatic heterocycles. The predicted molar refractivity (Wildman–Crippen MR) is 63.2 cm³/mol. The maximum Gasteiger partial charge on any atom is 0.131 e. The lowest BCUT2D eigenvalue weighted by Crippen LogP contribution is -2.29. The van der Waals surface area contributed by atoms with E-state index >= 15 is 0 Å². The molecular weight excluding hydrogens is 188 g/mol. The van der Waals surface area contributed by atoms with Crippen LogP contribution in [0.1, 0.15) is 19.5 Å². The number of anilines is 1. The molecule has 0 unspecified atom stereocenters. The van der Waals surface area contributed by atoms with Gasteiger partial charge in [-0.3, -0.25) is 0 Å². The Labute approximate surface area is 91.7 Å². The lowest BCUT2D eigenvalue weighted by Gasteiger charge is -2.18. The van der Waals surface area contributed by atoms with Crippen molar-refractivity contribution in [3.63, 3.8) is 0 Å². The van der Waals surface area contributed by atoms with E-state index in [1.165, 1.54) is 0 Å². The first-order valence-electron chi connectivity index (χ1n) is 5.50. The zero-order valence-electron chi connectivity index (χ0n) is 9.82. The van der Waals surface area contributed by atoms with Gasteiger partial charge in [0.1, 0.15) is 12.1 Å². The monoisotopic (exact) mass is 208 g/mol. The molecule has 4 heteroatoms. The van der Waals surface area contributed by atoms with E-state index in [1.54, 1.807) is 6.33 Å². The van der Waals surface area contributed by atoms with E-state index in [-0.39, 0.29) is 0 Å². The van der Waals surface area contributed by atoms with Crippen LogP contribution in [0.5, 0.6) is 0 Å². The number of hydrogen-bond acceptors (Lipinski definition) is 4. The minimum Gasteiger partial charge on any atom is -0.358 e. The molecule has 1 rings (SSSR count). The van der Waals surface area contributed by atoms with Crippen molar-refractivity contribution >= 4 is 5.82 Å². The SMILES string of the molecule is CCNCCN(C)c1cc(CC)ncn1. The van der Waals surface area contributed by atoms with Gasteiger partial charge in [-0.25, -0.2) is 9.97 Å². The highest BCUT2D eigenvalue weighted by Gasteiger charge is 2.02. The molecule has 84 valence electrons. The van der Waals surface area contributed by atoms with Crippen LogP contribution in [0.2, 0.25) is 0 Å². The van der Waals surface area contributed by atoms with Gasteiger partial charge in [-0.05, 0) is 13.0 Å². The second kappa shape index (κ2) is 6.35. The Bertz CT molecular complexity index is 288. The van der Waals surface area contributed by atoms with Crippen molar-refractivity contribution in [1.29, 1.82) is 0 Å². The van der Waals surface area contributed by atoms with E-state index in [2.05, 4.69) is 41.1 Å². The Morgan fingerprint density at radius 3 is 2.80 bits per heavy atom. The van der Waals surface area contributed by atoms with E-state index in [1.807, 2.05) is 6.07 Å². The van der Waals surface area contributed by atoms with Gasteiger partial charge in [0.05, 0.1) is 0 Å². The highest BCUT2D eigenvalue weighted by atomic mass is 15.2. The fourth-order valence-electron chi connectivity index (χ4n) is 1.33. The Balaban J connectivity index is 2.52. The van der Waals surface area contributed by atoms with Crippen molar-refractivity contribution in [3.05, 3.63) is 18.1 Å². The minimum absolute atomic E-state index is 0.955. The van der Waals surface area contributed by atoms with E-state index in [9.17, 15) is 0 Å². The van der Waals surface area contributed by atoms with Crippen molar-refractivity contribution < 1.29 is 0 Å². The predicted octanol–water partition coefficient (Wildman–Crippen LogP) is 1.08. The molecule has 0 bridgehead atoms. The number of nitrogens with zero attached hydrogens (tertiary/aromatic N) is 3. The van der Waals surface area contributed by atoms with E-state index in [4.69, 9.17) is 0 Å². The van der Waals surface area contributed by atoms with Crippen LogP contribution in [0.15, 0.2) is 12.4 Å². The number of rotatable bonds is 6. The van der Waals surface area contributed by atoms with Gasteiger partial charge in [-0.2, -0.15) is 0 Å². The van der Waals surface area contributed by atoms with Crippen LogP contribution in [0.4, 0.5) is 5.82 Å². The van der Waals surface area contributed by atoms with E-state index in [0.717, 1.165) is 37.6 Å². The fraction of sp³-hybridized carbons (Fsp3) is 0.636. The number of aromatic nitrogens is 2. The third-order valence-corrected chi connectivity index (χ3v) is 2.34. The Morgan fingerprint density at radius 2 is 2.13 bits per heavy atom. The van der Waals surface area contributed by atoms with Gasteiger partial charge in [-0.1, -0.05) is 13.8 Å². The molecule has 0 aliphatic carbocycles. The topological polar surface area (TPSA) is 41.0 Å². The number of likely N-dealkylation sites (N-methyl/N-ethyl adjacent to an activating group) is 2. The van der Waals surface area contributed by atoms with Gasteiger partial charge in [0, 0.05) is 31.9 Å². The number of nitrogens with one attached hydrogen (secondary N) is 1. The van der Waals surface area contributed by atoms with Crippen LogP contribution in [0, 0.1) is 0 Å². The molecule has 0 saturated carbocycles. The summed E-state index contributed by atoms with van der Waals surface area (Å²) >= 11 is 0. The van der Waals surface area contributed by atoms with E-state index in [0.29, 0.717) is 0 Å². The van der Waals surface area contributed by atoms with E-state index < -0.39 is 0 Å². The molecule has 1 aromatic rings. The van der Waals surface area contributed by atoms with Gasteiger partial charge in [0.25, 0.3) is 0 Å². The molecule has 0 spiro atoms. The molecule has 0 saturated heterocycles. The first-order valence-corrected chi connectivity index (χ1v) is 5.50. The second-order valence-corrected chi connectivity index (χ2v) is 3.50. The molecule has 0 fully saturated rings. The Kier molecular flexibility index (Phi) is 5.04. The van der Waals surface area contributed by atoms with Crippen molar-refractivity contribution in [3.8, 4) is 0 Å². The summed E-state index contributed by atoms with van der Waals surface area (Å²) in [7, 11) is 2.05. The molecule has 0 aliphatic heterocycles. The fourth-order valence-corrected chi connectivity index (χ4v) is 1.33. The maximum absolute atomic E-state index is 4.25.